The van der Waals surface area contributed by atoms with Crippen molar-refractivity contribution in [1.82, 2.24) is 5.32 Å². The second-order valence-corrected chi connectivity index (χ2v) is 4.63. The van der Waals surface area contributed by atoms with E-state index in [4.69, 9.17) is 5.73 Å². The average Bonchev–Trinajstić information content (AvgIpc) is 2.41. The molecule has 1 rings (SSSR count). The van der Waals surface area contributed by atoms with Crippen molar-refractivity contribution < 1.29 is 4.79 Å². The number of amides is 1. The molecule has 1 atom stereocenters. The molecule has 0 aliphatic rings. The van der Waals surface area contributed by atoms with Crippen LogP contribution in [0.4, 0.5) is 0 Å². The number of hydrogen-bond acceptors (Lipinski definition) is 2. The van der Waals surface area contributed by atoms with Gasteiger partial charge in [-0.1, -0.05) is 50.1 Å². The highest BCUT2D eigenvalue weighted by molar-refractivity contribution is 5.81. The van der Waals surface area contributed by atoms with Crippen LogP contribution in [0.2, 0.25) is 0 Å². The van der Waals surface area contributed by atoms with Gasteiger partial charge in [0.25, 0.3) is 0 Å². The molecule has 3 heteroatoms. The second-order valence-electron chi connectivity index (χ2n) is 4.63. The molecule has 0 saturated carbocycles. The summed E-state index contributed by atoms with van der Waals surface area (Å²) in [6.45, 7) is 2.80. The fourth-order valence-corrected chi connectivity index (χ4v) is 1.84. The Hall–Kier alpha value is -1.35. The maximum Gasteiger partial charge on any atom is 0.236 e. The van der Waals surface area contributed by atoms with E-state index in [2.05, 4.69) is 24.4 Å². The molecule has 3 N–H and O–H groups in total. The molecular formula is C15H24N2O. The van der Waals surface area contributed by atoms with Crippen molar-refractivity contribution >= 4 is 5.91 Å². The lowest BCUT2D eigenvalue weighted by molar-refractivity contribution is -0.122. The first-order valence-corrected chi connectivity index (χ1v) is 6.81. The van der Waals surface area contributed by atoms with Crippen LogP contribution in [0.3, 0.4) is 0 Å². The van der Waals surface area contributed by atoms with Gasteiger partial charge in [0.15, 0.2) is 0 Å². The number of benzene rings is 1. The molecule has 3 nitrogen and oxygen atoms in total. The predicted octanol–water partition coefficient (Wildman–Crippen LogP) is 2.25. The van der Waals surface area contributed by atoms with Gasteiger partial charge in [-0.15, -0.1) is 0 Å². The zero-order valence-electron chi connectivity index (χ0n) is 11.2. The van der Waals surface area contributed by atoms with Crippen LogP contribution in [0, 0.1) is 0 Å². The maximum atomic E-state index is 11.6. The first-order chi connectivity index (χ1) is 8.74. The molecule has 1 aromatic carbocycles. The van der Waals surface area contributed by atoms with Crippen molar-refractivity contribution in [2.24, 2.45) is 5.73 Å². The van der Waals surface area contributed by atoms with Crippen LogP contribution in [-0.2, 0) is 11.2 Å². The molecule has 0 saturated heterocycles. The quantitative estimate of drug-likeness (QED) is 0.693. The summed E-state index contributed by atoms with van der Waals surface area (Å²) < 4.78 is 0. The lowest BCUT2D eigenvalue weighted by Crippen LogP contribution is -2.40. The molecule has 100 valence electrons. The number of unbranched alkanes of at least 4 members (excludes halogenated alkanes) is 1. The number of nitrogens with one attached hydrogen (secondary N) is 1. The number of nitrogens with two attached hydrogens (primary N) is 1. The molecule has 0 aliphatic carbocycles. The van der Waals surface area contributed by atoms with Crippen molar-refractivity contribution in [2.45, 2.75) is 45.1 Å². The number of hydrogen-bond donors (Lipinski definition) is 2. The van der Waals surface area contributed by atoms with Gasteiger partial charge in [0, 0.05) is 6.54 Å². The fourth-order valence-electron chi connectivity index (χ4n) is 1.84. The molecule has 0 radical (unpaired) electrons. The first kappa shape index (κ1) is 14.7. The first-order valence-electron chi connectivity index (χ1n) is 6.81. The summed E-state index contributed by atoms with van der Waals surface area (Å²) in [5, 5.41) is 2.90. The summed E-state index contributed by atoms with van der Waals surface area (Å²) in [4.78, 5) is 11.6. The highest BCUT2D eigenvalue weighted by Crippen LogP contribution is 2.02. The average molecular weight is 248 g/mol. The summed E-state index contributed by atoms with van der Waals surface area (Å²) in [7, 11) is 0. The van der Waals surface area contributed by atoms with Gasteiger partial charge in [-0.3, -0.25) is 4.79 Å². The Labute approximate surface area is 110 Å². The summed E-state index contributed by atoms with van der Waals surface area (Å²) in [5.74, 6) is -0.0171. The summed E-state index contributed by atoms with van der Waals surface area (Å²) in [5.41, 5.74) is 7.09. The third-order valence-corrected chi connectivity index (χ3v) is 2.99. The van der Waals surface area contributed by atoms with Crippen molar-refractivity contribution in [1.29, 1.82) is 0 Å². The Balaban J connectivity index is 2.12. The van der Waals surface area contributed by atoms with Gasteiger partial charge in [0.1, 0.15) is 0 Å². The monoisotopic (exact) mass is 248 g/mol. The van der Waals surface area contributed by atoms with Gasteiger partial charge in [0.2, 0.25) is 5.91 Å². The van der Waals surface area contributed by atoms with E-state index in [9.17, 15) is 4.79 Å². The maximum absolute atomic E-state index is 11.6. The van der Waals surface area contributed by atoms with E-state index in [1.165, 1.54) is 5.56 Å². The second kappa shape index (κ2) is 8.70. The van der Waals surface area contributed by atoms with Crippen molar-refractivity contribution in [3.63, 3.8) is 0 Å². The fraction of sp³-hybridized carbons (Fsp3) is 0.533. The standard InChI is InChI=1S/C15H24N2O/c1-2-3-11-14(16)15(18)17-12-7-10-13-8-5-4-6-9-13/h4-6,8-9,14H,2-3,7,10-12,16H2,1H3,(H,17,18)/t14-/m0/s1. The molecule has 1 amide bonds. The Kier molecular flexibility index (Phi) is 7.11. The summed E-state index contributed by atoms with van der Waals surface area (Å²) >= 11 is 0. The van der Waals surface area contributed by atoms with E-state index in [0.29, 0.717) is 6.54 Å². The van der Waals surface area contributed by atoms with Crippen LogP contribution in [0.1, 0.15) is 38.2 Å². The Morgan fingerprint density at radius 2 is 2.00 bits per heavy atom. The lowest BCUT2D eigenvalue weighted by Gasteiger charge is -2.11. The van der Waals surface area contributed by atoms with Crippen LogP contribution in [0.5, 0.6) is 0 Å². The van der Waals surface area contributed by atoms with E-state index in [1.807, 2.05) is 18.2 Å². The number of aryl methyl sites for hydroxylation is 1. The van der Waals surface area contributed by atoms with E-state index >= 15 is 0 Å². The van der Waals surface area contributed by atoms with Crippen molar-refractivity contribution in [2.75, 3.05) is 6.54 Å². The van der Waals surface area contributed by atoms with Crippen LogP contribution in [-0.4, -0.2) is 18.5 Å². The highest BCUT2D eigenvalue weighted by Gasteiger charge is 2.11. The third-order valence-electron chi connectivity index (χ3n) is 2.99. The predicted molar refractivity (Wildman–Crippen MR) is 75.3 cm³/mol. The van der Waals surface area contributed by atoms with E-state index in [0.717, 1.165) is 32.1 Å². The van der Waals surface area contributed by atoms with Gasteiger partial charge in [-0.25, -0.2) is 0 Å². The SMILES string of the molecule is CCCC[C@H](N)C(=O)NCCCc1ccccc1. The van der Waals surface area contributed by atoms with Crippen LogP contribution < -0.4 is 11.1 Å². The summed E-state index contributed by atoms with van der Waals surface area (Å²) in [6.07, 6.45) is 4.82. The minimum Gasteiger partial charge on any atom is -0.355 e. The highest BCUT2D eigenvalue weighted by atomic mass is 16.2. The zero-order chi connectivity index (χ0) is 13.2. The van der Waals surface area contributed by atoms with E-state index in [-0.39, 0.29) is 11.9 Å². The smallest absolute Gasteiger partial charge is 0.236 e. The van der Waals surface area contributed by atoms with Crippen LogP contribution >= 0.6 is 0 Å². The molecule has 0 unspecified atom stereocenters. The van der Waals surface area contributed by atoms with E-state index in [1.54, 1.807) is 0 Å². The lowest BCUT2D eigenvalue weighted by atomic mass is 10.1. The molecule has 0 aromatic heterocycles. The molecule has 0 bridgehead atoms. The largest absolute Gasteiger partial charge is 0.355 e. The minimum atomic E-state index is -0.346. The molecular weight excluding hydrogens is 224 g/mol. The molecule has 0 fully saturated rings. The Morgan fingerprint density at radius 1 is 1.28 bits per heavy atom. The van der Waals surface area contributed by atoms with Gasteiger partial charge in [0.05, 0.1) is 6.04 Å². The Morgan fingerprint density at radius 3 is 2.67 bits per heavy atom. The van der Waals surface area contributed by atoms with Gasteiger partial charge in [-0.05, 0) is 24.8 Å². The molecule has 18 heavy (non-hydrogen) atoms. The van der Waals surface area contributed by atoms with E-state index < -0.39 is 0 Å². The van der Waals surface area contributed by atoms with Crippen LogP contribution in [0.15, 0.2) is 30.3 Å². The third kappa shape index (κ3) is 5.82. The normalized spacial score (nSPS) is 12.1. The number of carbonyl (C=O) groups excluding carboxylic acids is 1. The van der Waals surface area contributed by atoms with Crippen LogP contribution in [0.25, 0.3) is 0 Å². The number of rotatable bonds is 8. The molecule has 0 aliphatic heterocycles. The molecule has 0 spiro atoms. The zero-order valence-corrected chi connectivity index (χ0v) is 11.2. The van der Waals surface area contributed by atoms with Crippen molar-refractivity contribution in [3.8, 4) is 0 Å². The van der Waals surface area contributed by atoms with Gasteiger partial charge in [-0.2, -0.15) is 0 Å². The topological polar surface area (TPSA) is 55.1 Å². The van der Waals surface area contributed by atoms with Gasteiger partial charge < -0.3 is 11.1 Å². The van der Waals surface area contributed by atoms with Gasteiger partial charge >= 0.3 is 0 Å². The minimum absolute atomic E-state index is 0.0171. The number of carbonyl (C=O) groups is 1. The molecule has 0 heterocycles. The summed E-state index contributed by atoms with van der Waals surface area (Å²) in [6, 6.07) is 9.95. The molecule has 1 aromatic rings. The Bertz CT molecular complexity index is 338. The van der Waals surface area contributed by atoms with Crippen molar-refractivity contribution in [3.05, 3.63) is 35.9 Å².